The van der Waals surface area contributed by atoms with Crippen LogP contribution in [0, 0.1) is 16.2 Å². The van der Waals surface area contributed by atoms with Gasteiger partial charge in [-0.2, -0.15) is 0 Å². The molecule has 2 nitrogen and oxygen atoms in total. The van der Waals surface area contributed by atoms with Crippen LogP contribution in [0.1, 0.15) is 94.4 Å². The van der Waals surface area contributed by atoms with Gasteiger partial charge < -0.3 is 4.74 Å². The molecule has 0 aliphatic rings. The average molecular weight is 299 g/mol. The second-order valence-electron chi connectivity index (χ2n) is 8.90. The van der Waals surface area contributed by atoms with Crippen LogP contribution in [0.3, 0.4) is 0 Å². The fraction of sp³-hybridized carbons (Fsp3) is 0.947. The minimum atomic E-state index is -0.453. The maximum absolute atomic E-state index is 12.9. The summed E-state index contributed by atoms with van der Waals surface area (Å²) in [6.07, 6.45) is 5.06. The Morgan fingerprint density at radius 2 is 1.52 bits per heavy atom. The standard InChI is InChI=1S/C19H38O2/c1-10-12-13-15(11-2)21-16(20)19(9,18(6,7)8)14-17(3,4)5/h15H,10-14H2,1-9H3. The predicted octanol–water partition coefficient (Wildman–Crippen LogP) is 5.99. The third kappa shape index (κ3) is 6.40. The summed E-state index contributed by atoms with van der Waals surface area (Å²) in [5, 5.41) is 0. The zero-order valence-corrected chi connectivity index (χ0v) is 15.9. The molecule has 0 bridgehead atoms. The molecule has 2 unspecified atom stereocenters. The molecular formula is C19H38O2. The van der Waals surface area contributed by atoms with Gasteiger partial charge in [0.25, 0.3) is 0 Å². The van der Waals surface area contributed by atoms with Gasteiger partial charge in [-0.25, -0.2) is 0 Å². The SMILES string of the molecule is CCCCC(CC)OC(=O)C(C)(CC(C)(C)C)C(C)(C)C. The monoisotopic (exact) mass is 298 g/mol. The van der Waals surface area contributed by atoms with Gasteiger partial charge in [0.15, 0.2) is 0 Å². The zero-order valence-electron chi connectivity index (χ0n) is 15.9. The van der Waals surface area contributed by atoms with E-state index in [1.807, 2.05) is 0 Å². The molecule has 0 aromatic carbocycles. The lowest BCUT2D eigenvalue weighted by Crippen LogP contribution is -2.45. The lowest BCUT2D eigenvalue weighted by molar-refractivity contribution is -0.171. The average Bonchev–Trinajstić information content (AvgIpc) is 2.30. The Bertz CT molecular complexity index is 319. The molecule has 0 saturated carbocycles. The highest BCUT2D eigenvalue weighted by Crippen LogP contribution is 2.47. The Labute approximate surface area is 133 Å². The fourth-order valence-corrected chi connectivity index (χ4v) is 2.76. The van der Waals surface area contributed by atoms with E-state index in [4.69, 9.17) is 4.74 Å². The fourth-order valence-electron chi connectivity index (χ4n) is 2.76. The minimum Gasteiger partial charge on any atom is -0.462 e. The number of hydrogen-bond donors (Lipinski definition) is 0. The summed E-state index contributed by atoms with van der Waals surface area (Å²) in [5.41, 5.74) is -0.461. The molecule has 0 spiro atoms. The number of unbranched alkanes of at least 4 members (excludes halogenated alkanes) is 1. The number of carbonyl (C=O) groups is 1. The molecule has 0 saturated heterocycles. The largest absolute Gasteiger partial charge is 0.462 e. The topological polar surface area (TPSA) is 26.3 Å². The van der Waals surface area contributed by atoms with Crippen molar-refractivity contribution >= 4 is 5.97 Å². The van der Waals surface area contributed by atoms with Crippen molar-refractivity contribution in [3.63, 3.8) is 0 Å². The van der Waals surface area contributed by atoms with Gasteiger partial charge in [-0.3, -0.25) is 4.79 Å². The van der Waals surface area contributed by atoms with Crippen LogP contribution in [-0.4, -0.2) is 12.1 Å². The Balaban J connectivity index is 5.13. The highest BCUT2D eigenvalue weighted by molar-refractivity contribution is 5.77. The van der Waals surface area contributed by atoms with Gasteiger partial charge in [-0.05, 0) is 37.0 Å². The first-order valence-corrected chi connectivity index (χ1v) is 8.58. The summed E-state index contributed by atoms with van der Waals surface area (Å²) in [4.78, 5) is 12.9. The van der Waals surface area contributed by atoms with Crippen LogP contribution in [0.2, 0.25) is 0 Å². The Kier molecular flexibility index (Phi) is 7.45. The van der Waals surface area contributed by atoms with E-state index < -0.39 is 5.41 Å². The minimum absolute atomic E-state index is 0.0205. The van der Waals surface area contributed by atoms with Gasteiger partial charge in [0.2, 0.25) is 0 Å². The molecule has 126 valence electrons. The summed E-state index contributed by atoms with van der Waals surface area (Å²) in [6.45, 7) is 19.4. The normalized spacial score (nSPS) is 17.2. The van der Waals surface area contributed by atoms with E-state index in [9.17, 15) is 4.79 Å². The van der Waals surface area contributed by atoms with Crippen molar-refractivity contribution in [3.8, 4) is 0 Å². The zero-order chi connectivity index (χ0) is 16.9. The summed E-state index contributed by atoms with van der Waals surface area (Å²) < 4.78 is 5.90. The van der Waals surface area contributed by atoms with Gasteiger partial charge in [-0.15, -0.1) is 0 Å². The van der Waals surface area contributed by atoms with Crippen LogP contribution in [-0.2, 0) is 9.53 Å². The molecule has 0 aromatic rings. The van der Waals surface area contributed by atoms with E-state index in [-0.39, 0.29) is 22.9 Å². The number of hydrogen-bond acceptors (Lipinski definition) is 2. The van der Waals surface area contributed by atoms with E-state index in [0.29, 0.717) is 0 Å². The molecule has 0 fully saturated rings. The highest BCUT2D eigenvalue weighted by atomic mass is 16.5. The van der Waals surface area contributed by atoms with E-state index in [1.54, 1.807) is 0 Å². The third-order valence-electron chi connectivity index (χ3n) is 4.60. The molecule has 0 aliphatic carbocycles. The van der Waals surface area contributed by atoms with E-state index >= 15 is 0 Å². The first-order chi connectivity index (χ1) is 9.37. The van der Waals surface area contributed by atoms with Crippen LogP contribution < -0.4 is 0 Å². The molecule has 0 rings (SSSR count). The molecular weight excluding hydrogens is 260 g/mol. The molecule has 21 heavy (non-hydrogen) atoms. The molecule has 2 atom stereocenters. The van der Waals surface area contributed by atoms with Crippen molar-refractivity contribution in [2.24, 2.45) is 16.2 Å². The third-order valence-corrected chi connectivity index (χ3v) is 4.60. The molecule has 0 amide bonds. The van der Waals surface area contributed by atoms with Crippen LogP contribution >= 0.6 is 0 Å². The van der Waals surface area contributed by atoms with Crippen molar-refractivity contribution < 1.29 is 9.53 Å². The second-order valence-corrected chi connectivity index (χ2v) is 8.90. The Hall–Kier alpha value is -0.530. The molecule has 0 aliphatic heterocycles. The first kappa shape index (κ1) is 20.5. The number of ether oxygens (including phenoxy) is 1. The lowest BCUT2D eigenvalue weighted by atomic mass is 9.61. The maximum atomic E-state index is 12.9. The smallest absolute Gasteiger partial charge is 0.312 e. The number of carbonyl (C=O) groups excluding carboxylic acids is 1. The van der Waals surface area contributed by atoms with Gasteiger partial charge in [0.1, 0.15) is 6.10 Å². The van der Waals surface area contributed by atoms with E-state index in [2.05, 4.69) is 62.3 Å². The van der Waals surface area contributed by atoms with E-state index in [0.717, 1.165) is 32.1 Å². The van der Waals surface area contributed by atoms with Crippen molar-refractivity contribution in [2.45, 2.75) is 101 Å². The molecule has 2 heteroatoms. The van der Waals surface area contributed by atoms with Crippen LogP contribution in [0.25, 0.3) is 0 Å². The Morgan fingerprint density at radius 3 is 1.86 bits per heavy atom. The first-order valence-electron chi connectivity index (χ1n) is 8.58. The summed E-state index contributed by atoms with van der Waals surface area (Å²) in [7, 11) is 0. The summed E-state index contributed by atoms with van der Waals surface area (Å²) in [6, 6.07) is 0. The van der Waals surface area contributed by atoms with Crippen molar-refractivity contribution in [2.75, 3.05) is 0 Å². The van der Waals surface area contributed by atoms with Crippen molar-refractivity contribution in [1.82, 2.24) is 0 Å². The quantitative estimate of drug-likeness (QED) is 0.540. The molecule has 0 N–H and O–H groups in total. The summed E-state index contributed by atoms with van der Waals surface area (Å²) >= 11 is 0. The molecule has 0 aromatic heterocycles. The second kappa shape index (κ2) is 7.65. The van der Waals surface area contributed by atoms with Crippen molar-refractivity contribution in [3.05, 3.63) is 0 Å². The lowest BCUT2D eigenvalue weighted by Gasteiger charge is -2.44. The molecule has 0 radical (unpaired) electrons. The molecule has 0 heterocycles. The van der Waals surface area contributed by atoms with Crippen LogP contribution in [0.4, 0.5) is 0 Å². The highest BCUT2D eigenvalue weighted by Gasteiger charge is 2.48. The summed E-state index contributed by atoms with van der Waals surface area (Å²) in [5.74, 6) is -0.0205. The maximum Gasteiger partial charge on any atom is 0.312 e. The van der Waals surface area contributed by atoms with Gasteiger partial charge in [0.05, 0.1) is 5.41 Å². The van der Waals surface area contributed by atoms with Crippen molar-refractivity contribution in [1.29, 1.82) is 0 Å². The Morgan fingerprint density at radius 1 is 1.00 bits per heavy atom. The predicted molar refractivity (Wildman–Crippen MR) is 91.3 cm³/mol. The number of esters is 1. The van der Waals surface area contributed by atoms with Gasteiger partial charge >= 0.3 is 5.97 Å². The van der Waals surface area contributed by atoms with E-state index in [1.165, 1.54) is 0 Å². The number of rotatable bonds is 7. The van der Waals surface area contributed by atoms with Gasteiger partial charge in [-0.1, -0.05) is 68.2 Å². The van der Waals surface area contributed by atoms with Gasteiger partial charge in [0, 0.05) is 0 Å². The van der Waals surface area contributed by atoms with Crippen LogP contribution in [0.15, 0.2) is 0 Å². The van der Waals surface area contributed by atoms with Crippen LogP contribution in [0.5, 0.6) is 0 Å².